The Balaban J connectivity index is 2.54. The average Bonchev–Trinajstić information content (AvgIpc) is 2.39. The standard InChI is InChI=1S/C6H10N4O/c1-6(7,4-11)10-5-8-2-3-9-5/h2,4H,3,7H2,1H3,(H,9,10). The Morgan fingerprint density at radius 1 is 1.91 bits per heavy atom. The van der Waals surface area contributed by atoms with Crippen LogP contribution in [0.2, 0.25) is 0 Å². The van der Waals surface area contributed by atoms with E-state index in [0.717, 1.165) is 0 Å². The van der Waals surface area contributed by atoms with E-state index in [1.807, 2.05) is 0 Å². The summed E-state index contributed by atoms with van der Waals surface area (Å²) in [6.45, 7) is 2.10. The molecule has 0 radical (unpaired) electrons. The molecule has 1 heterocycles. The Labute approximate surface area is 64.4 Å². The smallest absolute Gasteiger partial charge is 0.219 e. The van der Waals surface area contributed by atoms with Crippen molar-refractivity contribution in [3.8, 4) is 0 Å². The largest absolute Gasteiger partial charge is 0.331 e. The van der Waals surface area contributed by atoms with Gasteiger partial charge in [-0.1, -0.05) is 0 Å². The third-order valence-electron chi connectivity index (χ3n) is 1.16. The van der Waals surface area contributed by atoms with E-state index in [4.69, 9.17) is 5.73 Å². The monoisotopic (exact) mass is 154 g/mol. The lowest BCUT2D eigenvalue weighted by molar-refractivity contribution is -0.112. The van der Waals surface area contributed by atoms with Crippen LogP contribution in [0.1, 0.15) is 6.92 Å². The minimum absolute atomic E-state index is 0.419. The van der Waals surface area contributed by atoms with Crippen molar-refractivity contribution in [1.82, 2.24) is 5.32 Å². The Morgan fingerprint density at radius 3 is 3.09 bits per heavy atom. The Kier molecular flexibility index (Phi) is 2.00. The molecule has 5 heteroatoms. The first-order valence-electron chi connectivity index (χ1n) is 3.24. The molecule has 0 aromatic heterocycles. The number of hydrogen-bond acceptors (Lipinski definition) is 5. The molecule has 1 aliphatic rings. The van der Waals surface area contributed by atoms with Gasteiger partial charge in [-0.2, -0.15) is 0 Å². The van der Waals surface area contributed by atoms with Crippen LogP contribution < -0.4 is 11.1 Å². The lowest BCUT2D eigenvalue weighted by Crippen LogP contribution is -2.54. The van der Waals surface area contributed by atoms with Gasteiger partial charge < -0.3 is 11.1 Å². The zero-order valence-corrected chi connectivity index (χ0v) is 6.24. The predicted octanol–water partition coefficient (Wildman–Crippen LogP) is -1.11. The Hall–Kier alpha value is -1.23. The average molecular weight is 154 g/mol. The number of carbonyl (C=O) groups is 1. The minimum Gasteiger partial charge on any atom is -0.331 e. The lowest BCUT2D eigenvalue weighted by atomic mass is 10.2. The van der Waals surface area contributed by atoms with E-state index < -0.39 is 5.66 Å². The van der Waals surface area contributed by atoms with Gasteiger partial charge >= 0.3 is 0 Å². The van der Waals surface area contributed by atoms with Crippen LogP contribution in [-0.4, -0.2) is 30.7 Å². The maximum atomic E-state index is 10.3. The fourth-order valence-corrected chi connectivity index (χ4v) is 0.638. The van der Waals surface area contributed by atoms with Gasteiger partial charge in [-0.05, 0) is 6.92 Å². The van der Waals surface area contributed by atoms with Crippen LogP contribution in [0.3, 0.4) is 0 Å². The molecule has 0 fully saturated rings. The van der Waals surface area contributed by atoms with Gasteiger partial charge in [0.05, 0.1) is 6.54 Å². The summed E-state index contributed by atoms with van der Waals surface area (Å²) >= 11 is 0. The zero-order chi connectivity index (χ0) is 8.32. The molecule has 1 atom stereocenters. The summed E-state index contributed by atoms with van der Waals surface area (Å²) in [6, 6.07) is 0. The van der Waals surface area contributed by atoms with Crippen LogP contribution in [0.4, 0.5) is 0 Å². The molecule has 0 spiro atoms. The van der Waals surface area contributed by atoms with Crippen LogP contribution in [0.5, 0.6) is 0 Å². The molecule has 0 amide bonds. The second kappa shape index (κ2) is 2.79. The lowest BCUT2D eigenvalue weighted by Gasteiger charge is -2.18. The van der Waals surface area contributed by atoms with E-state index in [2.05, 4.69) is 15.3 Å². The minimum atomic E-state index is -1.07. The summed E-state index contributed by atoms with van der Waals surface area (Å²) in [5, 5.41) is 2.67. The van der Waals surface area contributed by atoms with Crippen molar-refractivity contribution >= 4 is 18.5 Å². The molecular weight excluding hydrogens is 144 g/mol. The molecule has 1 aliphatic heterocycles. The summed E-state index contributed by atoms with van der Waals surface area (Å²) in [5.74, 6) is 0.419. The van der Waals surface area contributed by atoms with Crippen molar-refractivity contribution in [3.63, 3.8) is 0 Å². The van der Waals surface area contributed by atoms with Gasteiger partial charge in [0, 0.05) is 6.21 Å². The van der Waals surface area contributed by atoms with Crippen LogP contribution in [0.25, 0.3) is 0 Å². The van der Waals surface area contributed by atoms with Gasteiger partial charge in [-0.15, -0.1) is 0 Å². The molecule has 60 valence electrons. The molecule has 0 saturated carbocycles. The topological polar surface area (TPSA) is 79.8 Å². The van der Waals surface area contributed by atoms with Crippen LogP contribution in [0.15, 0.2) is 9.98 Å². The molecule has 11 heavy (non-hydrogen) atoms. The first kappa shape index (κ1) is 7.87. The number of hydrogen-bond donors (Lipinski definition) is 2. The second-order valence-electron chi connectivity index (χ2n) is 2.50. The van der Waals surface area contributed by atoms with E-state index >= 15 is 0 Å². The van der Waals surface area contributed by atoms with E-state index in [0.29, 0.717) is 18.8 Å². The zero-order valence-electron chi connectivity index (χ0n) is 6.24. The molecule has 1 rings (SSSR count). The molecule has 0 aromatic carbocycles. The van der Waals surface area contributed by atoms with Crippen molar-refractivity contribution in [3.05, 3.63) is 0 Å². The number of guanidine groups is 1. The Bertz CT molecular complexity index is 219. The van der Waals surface area contributed by atoms with E-state index in [-0.39, 0.29) is 0 Å². The molecule has 0 aliphatic carbocycles. The number of aldehydes is 1. The highest BCUT2D eigenvalue weighted by atomic mass is 16.1. The highest BCUT2D eigenvalue weighted by Crippen LogP contribution is 1.92. The molecule has 0 bridgehead atoms. The normalized spacial score (nSPS) is 20.7. The van der Waals surface area contributed by atoms with E-state index in [9.17, 15) is 4.79 Å². The number of carbonyl (C=O) groups excluding carboxylic acids is 1. The van der Waals surface area contributed by atoms with Crippen molar-refractivity contribution in [2.75, 3.05) is 6.54 Å². The van der Waals surface area contributed by atoms with Gasteiger partial charge in [0.1, 0.15) is 5.66 Å². The first-order chi connectivity index (χ1) is 5.14. The van der Waals surface area contributed by atoms with Gasteiger partial charge in [0.25, 0.3) is 0 Å². The molecule has 1 unspecified atom stereocenters. The summed E-state index contributed by atoms with van der Waals surface area (Å²) in [5.41, 5.74) is 4.39. The van der Waals surface area contributed by atoms with Gasteiger partial charge in [-0.25, -0.2) is 9.98 Å². The number of rotatable bonds is 2. The SMILES string of the molecule is CC(N)(C=O)NC1=NCC=N1. The Morgan fingerprint density at radius 2 is 2.64 bits per heavy atom. The van der Waals surface area contributed by atoms with Gasteiger partial charge in [0.15, 0.2) is 6.29 Å². The van der Waals surface area contributed by atoms with Crippen LogP contribution in [0, 0.1) is 0 Å². The molecular formula is C6H10N4O. The third kappa shape index (κ3) is 2.12. The second-order valence-corrected chi connectivity index (χ2v) is 2.50. The summed E-state index contributed by atoms with van der Waals surface area (Å²) < 4.78 is 0. The third-order valence-corrected chi connectivity index (χ3v) is 1.16. The van der Waals surface area contributed by atoms with Crippen molar-refractivity contribution in [2.24, 2.45) is 15.7 Å². The summed E-state index contributed by atoms with van der Waals surface area (Å²) in [7, 11) is 0. The fourth-order valence-electron chi connectivity index (χ4n) is 0.638. The number of nitrogens with zero attached hydrogens (tertiary/aromatic N) is 2. The maximum Gasteiger partial charge on any atom is 0.219 e. The van der Waals surface area contributed by atoms with Crippen LogP contribution in [-0.2, 0) is 4.79 Å². The van der Waals surface area contributed by atoms with Gasteiger partial charge in [-0.3, -0.25) is 4.79 Å². The fraction of sp³-hybridized carbons (Fsp3) is 0.500. The van der Waals surface area contributed by atoms with Crippen LogP contribution >= 0.6 is 0 Å². The predicted molar refractivity (Wildman–Crippen MR) is 42.6 cm³/mol. The van der Waals surface area contributed by atoms with E-state index in [1.165, 1.54) is 0 Å². The van der Waals surface area contributed by atoms with Crippen molar-refractivity contribution < 1.29 is 4.79 Å². The van der Waals surface area contributed by atoms with Gasteiger partial charge in [0.2, 0.25) is 5.96 Å². The maximum absolute atomic E-state index is 10.3. The quantitative estimate of drug-likeness (QED) is 0.391. The summed E-state index contributed by atoms with van der Waals surface area (Å²) in [4.78, 5) is 18.1. The van der Waals surface area contributed by atoms with E-state index in [1.54, 1.807) is 13.1 Å². The molecule has 3 N–H and O–H groups in total. The highest BCUT2D eigenvalue weighted by molar-refractivity contribution is 5.94. The highest BCUT2D eigenvalue weighted by Gasteiger charge is 2.18. The molecule has 0 saturated heterocycles. The van der Waals surface area contributed by atoms with Crippen molar-refractivity contribution in [1.29, 1.82) is 0 Å². The van der Waals surface area contributed by atoms with Crippen molar-refractivity contribution in [2.45, 2.75) is 12.6 Å². The summed E-state index contributed by atoms with van der Waals surface area (Å²) in [6.07, 6.45) is 2.26. The number of aliphatic imine (C=N–C) groups is 2. The molecule has 0 aromatic rings. The number of nitrogens with two attached hydrogens (primary N) is 1. The first-order valence-corrected chi connectivity index (χ1v) is 3.24. The number of nitrogens with one attached hydrogen (secondary N) is 1. The molecule has 5 nitrogen and oxygen atoms in total.